The highest BCUT2D eigenvalue weighted by atomic mass is 14.6. The van der Waals surface area contributed by atoms with Crippen LogP contribution < -0.4 is 5.73 Å². The molecule has 0 heterocycles. The Labute approximate surface area is 70.0 Å². The van der Waals surface area contributed by atoms with Crippen molar-refractivity contribution in [2.24, 2.45) is 17.1 Å². The molecule has 0 aromatic carbocycles. The van der Waals surface area contributed by atoms with Gasteiger partial charge in [-0.05, 0) is 16.9 Å². The first-order chi connectivity index (χ1) is 4.76. The molecule has 0 rings (SSSR count). The predicted octanol–water partition coefficient (Wildman–Crippen LogP) is 2.70. The summed E-state index contributed by atoms with van der Waals surface area (Å²) < 4.78 is 0. The number of allylic oxidation sites excluding steroid dienone is 1. The molecular formula is C10H19N. The van der Waals surface area contributed by atoms with Gasteiger partial charge in [0.1, 0.15) is 0 Å². The van der Waals surface area contributed by atoms with E-state index in [1.807, 2.05) is 0 Å². The molecule has 0 aliphatic rings. The highest BCUT2D eigenvalue weighted by Crippen LogP contribution is 2.31. The molecule has 1 unspecified atom stereocenters. The second-order valence-electron chi connectivity index (χ2n) is 4.14. The molecule has 0 spiro atoms. The Bertz CT molecular complexity index is 172. The van der Waals surface area contributed by atoms with Crippen LogP contribution in [0.2, 0.25) is 0 Å². The monoisotopic (exact) mass is 153 g/mol. The largest absolute Gasteiger partial charge is 0.399 e. The van der Waals surface area contributed by atoms with E-state index in [4.69, 9.17) is 5.73 Å². The smallest absolute Gasteiger partial charge is 0.0270 e. The van der Waals surface area contributed by atoms with Gasteiger partial charge in [-0.1, -0.05) is 40.9 Å². The van der Waals surface area contributed by atoms with Gasteiger partial charge in [0.15, 0.2) is 0 Å². The van der Waals surface area contributed by atoms with E-state index in [1.54, 1.807) is 0 Å². The minimum atomic E-state index is 0.222. The second-order valence-corrected chi connectivity index (χ2v) is 4.14. The topological polar surface area (TPSA) is 26.0 Å². The molecule has 0 radical (unpaired) electrons. The van der Waals surface area contributed by atoms with Crippen LogP contribution in [0.1, 0.15) is 27.7 Å². The van der Waals surface area contributed by atoms with E-state index in [0.717, 1.165) is 5.57 Å². The minimum Gasteiger partial charge on any atom is -0.399 e. The van der Waals surface area contributed by atoms with E-state index < -0.39 is 0 Å². The van der Waals surface area contributed by atoms with Gasteiger partial charge < -0.3 is 5.73 Å². The third kappa shape index (κ3) is 2.79. The van der Waals surface area contributed by atoms with Gasteiger partial charge in [-0.3, -0.25) is 0 Å². The molecule has 0 saturated heterocycles. The van der Waals surface area contributed by atoms with Crippen molar-refractivity contribution in [1.29, 1.82) is 0 Å². The summed E-state index contributed by atoms with van der Waals surface area (Å²) in [5, 5.41) is 0. The Balaban J connectivity index is 4.38. The van der Waals surface area contributed by atoms with Crippen LogP contribution in [0.3, 0.4) is 0 Å². The molecule has 0 fully saturated rings. The summed E-state index contributed by atoms with van der Waals surface area (Å²) in [6.07, 6.45) is 0. The summed E-state index contributed by atoms with van der Waals surface area (Å²) in [6.45, 7) is 16.2. The molecule has 0 aromatic rings. The zero-order valence-electron chi connectivity index (χ0n) is 8.07. The van der Waals surface area contributed by atoms with Crippen molar-refractivity contribution in [2.75, 3.05) is 0 Å². The molecule has 0 bridgehead atoms. The number of hydrogen-bond donors (Lipinski definition) is 1. The molecule has 1 atom stereocenters. The van der Waals surface area contributed by atoms with Crippen molar-refractivity contribution in [3.63, 3.8) is 0 Å². The molecule has 0 aliphatic heterocycles. The van der Waals surface area contributed by atoms with E-state index in [-0.39, 0.29) is 5.41 Å². The van der Waals surface area contributed by atoms with Gasteiger partial charge in [0.2, 0.25) is 0 Å². The standard InChI is InChI=1S/C10H19N/c1-7(9(3)11)8(2)10(4,5)6/h8H,1,3,11H2,2,4-6H3. The zero-order chi connectivity index (χ0) is 9.23. The first kappa shape index (κ1) is 10.3. The first-order valence-electron chi connectivity index (χ1n) is 3.90. The Kier molecular flexibility index (Phi) is 2.92. The van der Waals surface area contributed by atoms with Crippen molar-refractivity contribution in [3.8, 4) is 0 Å². The van der Waals surface area contributed by atoms with Gasteiger partial charge in [-0.2, -0.15) is 0 Å². The molecule has 0 amide bonds. The SMILES string of the molecule is C=C(N)C(=C)C(C)C(C)(C)C. The Morgan fingerprint density at radius 3 is 1.73 bits per heavy atom. The third-order valence-electron chi connectivity index (χ3n) is 2.23. The molecule has 11 heavy (non-hydrogen) atoms. The summed E-state index contributed by atoms with van der Waals surface area (Å²) >= 11 is 0. The van der Waals surface area contributed by atoms with Crippen LogP contribution in [0.25, 0.3) is 0 Å². The number of hydrogen-bond acceptors (Lipinski definition) is 1. The molecule has 1 nitrogen and oxygen atoms in total. The molecular weight excluding hydrogens is 134 g/mol. The van der Waals surface area contributed by atoms with E-state index in [2.05, 4.69) is 40.9 Å². The fourth-order valence-electron chi connectivity index (χ4n) is 0.801. The van der Waals surface area contributed by atoms with Crippen LogP contribution in [0, 0.1) is 11.3 Å². The van der Waals surface area contributed by atoms with E-state index in [0.29, 0.717) is 11.6 Å². The van der Waals surface area contributed by atoms with Crippen molar-refractivity contribution in [3.05, 3.63) is 24.4 Å². The van der Waals surface area contributed by atoms with Crippen molar-refractivity contribution >= 4 is 0 Å². The third-order valence-corrected chi connectivity index (χ3v) is 2.23. The summed E-state index contributed by atoms with van der Waals surface area (Å²) in [5.74, 6) is 0.389. The van der Waals surface area contributed by atoms with Crippen molar-refractivity contribution in [2.45, 2.75) is 27.7 Å². The van der Waals surface area contributed by atoms with Gasteiger partial charge in [-0.25, -0.2) is 0 Å². The van der Waals surface area contributed by atoms with Crippen LogP contribution in [0.5, 0.6) is 0 Å². The van der Waals surface area contributed by atoms with Gasteiger partial charge in [0, 0.05) is 5.70 Å². The van der Waals surface area contributed by atoms with Crippen molar-refractivity contribution < 1.29 is 0 Å². The van der Waals surface area contributed by atoms with Gasteiger partial charge in [-0.15, -0.1) is 0 Å². The molecule has 0 aromatic heterocycles. The lowest BCUT2D eigenvalue weighted by molar-refractivity contribution is 0.303. The quantitative estimate of drug-likeness (QED) is 0.606. The first-order valence-corrected chi connectivity index (χ1v) is 3.90. The molecule has 64 valence electrons. The Hall–Kier alpha value is -0.720. The summed E-state index contributed by atoms with van der Waals surface area (Å²) in [4.78, 5) is 0. The Morgan fingerprint density at radius 1 is 1.27 bits per heavy atom. The minimum absolute atomic E-state index is 0.222. The van der Waals surface area contributed by atoms with Crippen LogP contribution in [0.15, 0.2) is 24.4 Å². The molecule has 0 aliphatic carbocycles. The maximum atomic E-state index is 5.54. The average Bonchev–Trinajstić information content (AvgIpc) is 1.82. The lowest BCUT2D eigenvalue weighted by Crippen LogP contribution is -2.21. The van der Waals surface area contributed by atoms with Crippen LogP contribution in [-0.2, 0) is 0 Å². The van der Waals surface area contributed by atoms with E-state index in [1.165, 1.54) is 0 Å². The fraction of sp³-hybridized carbons (Fsp3) is 0.600. The maximum Gasteiger partial charge on any atom is 0.0270 e. The van der Waals surface area contributed by atoms with Crippen LogP contribution >= 0.6 is 0 Å². The molecule has 0 saturated carbocycles. The van der Waals surface area contributed by atoms with Gasteiger partial charge >= 0.3 is 0 Å². The van der Waals surface area contributed by atoms with E-state index >= 15 is 0 Å². The predicted molar refractivity (Wildman–Crippen MR) is 51.1 cm³/mol. The summed E-state index contributed by atoms with van der Waals surface area (Å²) in [7, 11) is 0. The van der Waals surface area contributed by atoms with Crippen LogP contribution in [0.4, 0.5) is 0 Å². The normalized spacial score (nSPS) is 14.2. The molecule has 2 N–H and O–H groups in total. The highest BCUT2D eigenvalue weighted by Gasteiger charge is 2.22. The fourth-order valence-corrected chi connectivity index (χ4v) is 0.801. The Morgan fingerprint density at radius 2 is 1.64 bits per heavy atom. The maximum absolute atomic E-state index is 5.54. The van der Waals surface area contributed by atoms with Gasteiger partial charge in [0.05, 0.1) is 0 Å². The van der Waals surface area contributed by atoms with Gasteiger partial charge in [0.25, 0.3) is 0 Å². The van der Waals surface area contributed by atoms with Crippen LogP contribution in [-0.4, -0.2) is 0 Å². The lowest BCUT2D eigenvalue weighted by atomic mass is 9.77. The van der Waals surface area contributed by atoms with E-state index in [9.17, 15) is 0 Å². The lowest BCUT2D eigenvalue weighted by Gasteiger charge is -2.28. The number of nitrogens with two attached hydrogens (primary N) is 1. The number of rotatable bonds is 2. The average molecular weight is 153 g/mol. The van der Waals surface area contributed by atoms with Crippen molar-refractivity contribution in [1.82, 2.24) is 0 Å². The highest BCUT2D eigenvalue weighted by molar-refractivity contribution is 5.25. The second kappa shape index (κ2) is 3.12. The zero-order valence-corrected chi connectivity index (χ0v) is 8.07. The molecule has 1 heteroatoms. The summed E-state index contributed by atoms with van der Waals surface area (Å²) in [6, 6.07) is 0. The summed E-state index contributed by atoms with van der Waals surface area (Å²) in [5.41, 5.74) is 7.32.